The highest BCUT2D eigenvalue weighted by atomic mass is 16.5. The van der Waals surface area contributed by atoms with Crippen LogP contribution in [0, 0.1) is 5.92 Å². The van der Waals surface area contributed by atoms with Gasteiger partial charge in [0.15, 0.2) is 0 Å². The molecule has 0 aliphatic carbocycles. The van der Waals surface area contributed by atoms with Crippen molar-refractivity contribution in [2.24, 2.45) is 5.92 Å². The highest BCUT2D eigenvalue weighted by molar-refractivity contribution is 5.91. The molecule has 1 unspecified atom stereocenters. The predicted octanol–water partition coefficient (Wildman–Crippen LogP) is 7.55. The van der Waals surface area contributed by atoms with Crippen LogP contribution in [0.25, 0.3) is 0 Å². The molecular formula is C26H48O4. The van der Waals surface area contributed by atoms with E-state index in [-0.39, 0.29) is 0 Å². The minimum Gasteiger partial charge on any atom is -0.463 e. The van der Waals surface area contributed by atoms with Crippen LogP contribution >= 0.6 is 0 Å². The second-order valence-corrected chi connectivity index (χ2v) is 8.62. The van der Waals surface area contributed by atoms with Gasteiger partial charge in [0.25, 0.3) is 0 Å². The minimum atomic E-state index is -0.480. The molecule has 0 aromatic carbocycles. The van der Waals surface area contributed by atoms with E-state index in [2.05, 4.69) is 13.8 Å². The van der Waals surface area contributed by atoms with Gasteiger partial charge in [-0.15, -0.1) is 0 Å². The first kappa shape index (κ1) is 28.7. The Balaban J connectivity index is 3.39. The molecule has 1 atom stereocenters. The van der Waals surface area contributed by atoms with Gasteiger partial charge in [0, 0.05) is 12.2 Å². The quantitative estimate of drug-likeness (QED) is 0.108. The molecule has 0 saturated carbocycles. The summed E-state index contributed by atoms with van der Waals surface area (Å²) in [5, 5.41) is 0. The van der Waals surface area contributed by atoms with Gasteiger partial charge < -0.3 is 9.47 Å². The fourth-order valence-electron chi connectivity index (χ4n) is 3.50. The van der Waals surface area contributed by atoms with Crippen LogP contribution in [0.5, 0.6) is 0 Å². The van der Waals surface area contributed by atoms with Crippen LogP contribution < -0.4 is 0 Å². The van der Waals surface area contributed by atoms with Gasteiger partial charge in [-0.1, -0.05) is 111 Å². The lowest BCUT2D eigenvalue weighted by atomic mass is 10.0. The Morgan fingerprint density at radius 3 is 1.53 bits per heavy atom. The Bertz CT molecular complexity index is 431. The summed E-state index contributed by atoms with van der Waals surface area (Å²) < 4.78 is 10.2. The molecule has 0 heterocycles. The van der Waals surface area contributed by atoms with Crippen molar-refractivity contribution in [2.75, 3.05) is 13.2 Å². The third-order valence-electron chi connectivity index (χ3n) is 5.39. The van der Waals surface area contributed by atoms with Gasteiger partial charge in [0.1, 0.15) is 0 Å². The molecule has 0 bridgehead atoms. The van der Waals surface area contributed by atoms with Gasteiger partial charge in [-0.3, -0.25) is 0 Å². The number of esters is 2. The van der Waals surface area contributed by atoms with Crippen LogP contribution in [0.4, 0.5) is 0 Å². The normalized spacial score (nSPS) is 12.2. The highest BCUT2D eigenvalue weighted by Gasteiger charge is 2.05. The maximum atomic E-state index is 11.6. The maximum Gasteiger partial charge on any atom is 0.331 e. The van der Waals surface area contributed by atoms with Crippen molar-refractivity contribution < 1.29 is 19.1 Å². The molecule has 0 amide bonds. The zero-order chi connectivity index (χ0) is 22.3. The molecule has 0 fully saturated rings. The standard InChI is InChI=1S/C26H48O4/c1-4-6-7-8-9-10-11-12-13-14-15-16-17-18-22-29-25(27)20-21-26(28)30-23-24(3)19-5-2/h20-21,24H,4-19,22-23H2,1-3H3/b21-20+. The number of rotatable bonds is 21. The molecule has 0 N–H and O–H groups in total. The number of ether oxygens (including phenoxy) is 2. The van der Waals surface area contributed by atoms with Crippen LogP contribution in [0.2, 0.25) is 0 Å². The molecule has 0 radical (unpaired) electrons. The predicted molar refractivity (Wildman–Crippen MR) is 125 cm³/mol. The second kappa shape index (κ2) is 22.4. The summed E-state index contributed by atoms with van der Waals surface area (Å²) >= 11 is 0. The van der Waals surface area contributed by atoms with Gasteiger partial charge in [-0.25, -0.2) is 9.59 Å². The smallest absolute Gasteiger partial charge is 0.331 e. The molecule has 0 saturated heterocycles. The lowest BCUT2D eigenvalue weighted by molar-refractivity contribution is -0.141. The summed E-state index contributed by atoms with van der Waals surface area (Å²) in [6.07, 6.45) is 22.6. The molecule has 0 aliphatic rings. The average Bonchev–Trinajstić information content (AvgIpc) is 2.73. The SMILES string of the molecule is CCCCCCCCCCCCCCCCOC(=O)/C=C/C(=O)OCC(C)CCC. The van der Waals surface area contributed by atoms with E-state index >= 15 is 0 Å². The van der Waals surface area contributed by atoms with Gasteiger partial charge in [-0.05, 0) is 18.8 Å². The number of hydrogen-bond donors (Lipinski definition) is 0. The lowest BCUT2D eigenvalue weighted by Crippen LogP contribution is -2.10. The summed E-state index contributed by atoms with van der Waals surface area (Å²) in [5.74, 6) is -0.603. The van der Waals surface area contributed by atoms with E-state index in [1.165, 1.54) is 77.0 Å². The molecule has 0 aliphatic heterocycles. The highest BCUT2D eigenvalue weighted by Crippen LogP contribution is 2.13. The molecule has 30 heavy (non-hydrogen) atoms. The zero-order valence-electron chi connectivity index (χ0n) is 20.1. The summed E-state index contributed by atoms with van der Waals surface area (Å²) in [5.41, 5.74) is 0. The first-order valence-corrected chi connectivity index (χ1v) is 12.6. The van der Waals surface area contributed by atoms with E-state index in [1.807, 2.05) is 6.92 Å². The van der Waals surface area contributed by atoms with Gasteiger partial charge in [0.05, 0.1) is 13.2 Å². The van der Waals surface area contributed by atoms with Crippen LogP contribution in [-0.4, -0.2) is 25.2 Å². The van der Waals surface area contributed by atoms with Gasteiger partial charge in [-0.2, -0.15) is 0 Å². The van der Waals surface area contributed by atoms with Crippen LogP contribution in [0.3, 0.4) is 0 Å². The van der Waals surface area contributed by atoms with E-state index in [1.54, 1.807) is 0 Å². The van der Waals surface area contributed by atoms with Crippen molar-refractivity contribution >= 4 is 11.9 Å². The van der Waals surface area contributed by atoms with Crippen molar-refractivity contribution in [1.29, 1.82) is 0 Å². The van der Waals surface area contributed by atoms with E-state index < -0.39 is 11.9 Å². The number of carbonyl (C=O) groups excluding carboxylic acids is 2. The molecule has 0 aromatic rings. The molecule has 176 valence electrons. The Kier molecular flexibility index (Phi) is 21.4. The van der Waals surface area contributed by atoms with Crippen LogP contribution in [-0.2, 0) is 19.1 Å². The Morgan fingerprint density at radius 2 is 1.07 bits per heavy atom. The van der Waals surface area contributed by atoms with Gasteiger partial charge >= 0.3 is 11.9 Å². The minimum absolute atomic E-state index is 0.347. The summed E-state index contributed by atoms with van der Waals surface area (Å²) in [7, 11) is 0. The number of hydrogen-bond acceptors (Lipinski definition) is 4. The average molecular weight is 425 g/mol. The van der Waals surface area contributed by atoms with E-state index in [0.29, 0.717) is 19.1 Å². The zero-order valence-corrected chi connectivity index (χ0v) is 20.1. The molecular weight excluding hydrogens is 376 g/mol. The van der Waals surface area contributed by atoms with Gasteiger partial charge in [0.2, 0.25) is 0 Å². The monoisotopic (exact) mass is 424 g/mol. The first-order valence-electron chi connectivity index (χ1n) is 12.6. The van der Waals surface area contributed by atoms with Crippen molar-refractivity contribution in [3.63, 3.8) is 0 Å². The topological polar surface area (TPSA) is 52.6 Å². The molecule has 4 heteroatoms. The fourth-order valence-corrected chi connectivity index (χ4v) is 3.50. The van der Waals surface area contributed by atoms with Crippen LogP contribution in [0.15, 0.2) is 12.2 Å². The van der Waals surface area contributed by atoms with Crippen molar-refractivity contribution in [2.45, 2.75) is 124 Å². The molecule has 0 rings (SSSR count). The second-order valence-electron chi connectivity index (χ2n) is 8.62. The number of unbranched alkanes of at least 4 members (excludes halogenated alkanes) is 13. The van der Waals surface area contributed by atoms with Crippen LogP contribution in [0.1, 0.15) is 124 Å². The third-order valence-corrected chi connectivity index (χ3v) is 5.39. The summed E-state index contributed by atoms with van der Waals surface area (Å²) in [6, 6.07) is 0. The largest absolute Gasteiger partial charge is 0.463 e. The first-order chi connectivity index (χ1) is 14.6. The molecule has 0 aromatic heterocycles. The maximum absolute atomic E-state index is 11.6. The van der Waals surface area contributed by atoms with Crippen molar-refractivity contribution in [3.05, 3.63) is 12.2 Å². The summed E-state index contributed by atoms with van der Waals surface area (Å²) in [6.45, 7) is 7.23. The van der Waals surface area contributed by atoms with E-state index in [4.69, 9.17) is 9.47 Å². The van der Waals surface area contributed by atoms with Crippen molar-refractivity contribution in [1.82, 2.24) is 0 Å². The molecule has 4 nitrogen and oxygen atoms in total. The number of carbonyl (C=O) groups is 2. The third kappa shape index (κ3) is 21.4. The lowest BCUT2D eigenvalue weighted by Gasteiger charge is -2.09. The molecule has 0 spiro atoms. The summed E-state index contributed by atoms with van der Waals surface area (Å²) in [4.78, 5) is 23.2. The Morgan fingerprint density at radius 1 is 0.633 bits per heavy atom. The van der Waals surface area contributed by atoms with E-state index in [9.17, 15) is 9.59 Å². The van der Waals surface area contributed by atoms with Crippen molar-refractivity contribution in [3.8, 4) is 0 Å². The Labute approximate surface area is 186 Å². The van der Waals surface area contributed by atoms with E-state index in [0.717, 1.165) is 37.8 Å². The fraction of sp³-hybridized carbons (Fsp3) is 0.846. The Hall–Kier alpha value is -1.32.